The average Bonchev–Trinajstić information content (AvgIpc) is 3.42. The van der Waals surface area contributed by atoms with Crippen molar-refractivity contribution in [1.29, 1.82) is 0 Å². The van der Waals surface area contributed by atoms with Gasteiger partial charge in [-0.15, -0.1) is 0 Å². The van der Waals surface area contributed by atoms with E-state index in [0.717, 1.165) is 47.1 Å². The second kappa shape index (κ2) is 6.23. The molecule has 3 aromatic rings. The summed E-state index contributed by atoms with van der Waals surface area (Å²) in [6.45, 7) is 2.33. The van der Waals surface area contributed by atoms with Gasteiger partial charge in [0.05, 0.1) is 5.52 Å². The summed E-state index contributed by atoms with van der Waals surface area (Å²) in [5.41, 5.74) is 2.17. The Balaban J connectivity index is 1.31. The van der Waals surface area contributed by atoms with Crippen molar-refractivity contribution in [3.05, 3.63) is 53.8 Å². The van der Waals surface area contributed by atoms with Crippen molar-refractivity contribution >= 4 is 10.9 Å². The van der Waals surface area contributed by atoms with Crippen LogP contribution >= 0.6 is 0 Å². The van der Waals surface area contributed by atoms with Crippen LogP contribution in [-0.4, -0.2) is 39.2 Å². The normalized spacial score (nSPS) is 19.5. The molecule has 25 heavy (non-hydrogen) atoms. The van der Waals surface area contributed by atoms with Gasteiger partial charge in [-0.25, -0.2) is 0 Å². The van der Waals surface area contributed by atoms with Crippen molar-refractivity contribution in [2.24, 2.45) is 0 Å². The Morgan fingerprint density at radius 2 is 1.88 bits per heavy atom. The maximum atomic E-state index is 5.60. The smallest absolute Gasteiger partial charge is 0.229 e. The minimum absolute atomic E-state index is 0.418. The van der Waals surface area contributed by atoms with Gasteiger partial charge >= 0.3 is 0 Å². The number of fused-ring (bicyclic) bond motifs is 1. The van der Waals surface area contributed by atoms with E-state index in [4.69, 9.17) is 9.51 Å². The fraction of sp³-hybridized carbons (Fsp3) is 0.450. The van der Waals surface area contributed by atoms with Crippen molar-refractivity contribution in [3.8, 4) is 0 Å². The van der Waals surface area contributed by atoms with Gasteiger partial charge < -0.3 is 9.42 Å². The second-order valence-corrected chi connectivity index (χ2v) is 7.26. The highest BCUT2D eigenvalue weighted by atomic mass is 16.5. The number of rotatable bonds is 4. The predicted octanol–water partition coefficient (Wildman–Crippen LogP) is 3.55. The summed E-state index contributed by atoms with van der Waals surface area (Å²) in [5, 5.41) is 5.38. The highest BCUT2D eigenvalue weighted by molar-refractivity contribution is 5.81. The van der Waals surface area contributed by atoms with E-state index in [2.05, 4.69) is 39.3 Å². The molecule has 2 aliphatic rings. The van der Waals surface area contributed by atoms with E-state index in [1.54, 1.807) is 0 Å². The number of para-hydroxylation sites is 1. The quantitative estimate of drug-likeness (QED) is 0.730. The highest BCUT2D eigenvalue weighted by Gasteiger charge is 2.33. The first kappa shape index (κ1) is 15.0. The van der Waals surface area contributed by atoms with Gasteiger partial charge in [-0.3, -0.25) is 4.98 Å². The molecule has 5 heteroatoms. The maximum absolute atomic E-state index is 5.60. The molecule has 1 aliphatic heterocycles. The summed E-state index contributed by atoms with van der Waals surface area (Å²) < 4.78 is 5.60. The summed E-state index contributed by atoms with van der Waals surface area (Å²) in [7, 11) is 0. The predicted molar refractivity (Wildman–Crippen MR) is 95.4 cm³/mol. The van der Waals surface area contributed by atoms with Crippen LogP contribution in [0.3, 0.4) is 0 Å². The van der Waals surface area contributed by atoms with Crippen LogP contribution < -0.4 is 0 Å². The zero-order valence-corrected chi connectivity index (χ0v) is 14.3. The van der Waals surface area contributed by atoms with E-state index >= 15 is 0 Å². The van der Waals surface area contributed by atoms with Gasteiger partial charge in [-0.05, 0) is 50.4 Å². The van der Waals surface area contributed by atoms with Gasteiger partial charge in [0.25, 0.3) is 0 Å². The van der Waals surface area contributed by atoms with Crippen LogP contribution in [0.2, 0.25) is 0 Å². The SMILES string of the molecule is c1cnc2c(Cc3noc(C4CCN(C5CC5)CC4)n3)cccc2c1. The van der Waals surface area contributed by atoms with Crippen molar-refractivity contribution < 1.29 is 4.52 Å². The van der Waals surface area contributed by atoms with Crippen LogP contribution in [0.5, 0.6) is 0 Å². The van der Waals surface area contributed by atoms with E-state index in [0.29, 0.717) is 12.3 Å². The second-order valence-electron chi connectivity index (χ2n) is 7.26. The third kappa shape index (κ3) is 3.04. The molecule has 5 nitrogen and oxygen atoms in total. The number of benzene rings is 1. The van der Waals surface area contributed by atoms with Gasteiger partial charge in [0.15, 0.2) is 5.82 Å². The van der Waals surface area contributed by atoms with Gasteiger partial charge in [-0.1, -0.05) is 29.4 Å². The van der Waals surface area contributed by atoms with E-state index in [9.17, 15) is 0 Å². The molecule has 2 aromatic heterocycles. The Kier molecular flexibility index (Phi) is 3.74. The van der Waals surface area contributed by atoms with Crippen molar-refractivity contribution in [3.63, 3.8) is 0 Å². The molecule has 0 spiro atoms. The Morgan fingerprint density at radius 3 is 2.72 bits per heavy atom. The molecule has 1 saturated carbocycles. The molecule has 3 heterocycles. The molecule has 1 aromatic carbocycles. The Labute approximate surface area is 147 Å². The molecule has 0 amide bonds. The van der Waals surface area contributed by atoms with E-state index in [-0.39, 0.29) is 0 Å². The minimum Gasteiger partial charge on any atom is -0.339 e. The molecule has 0 N–H and O–H groups in total. The average molecular weight is 334 g/mol. The molecule has 1 saturated heterocycles. The third-order valence-corrected chi connectivity index (χ3v) is 5.49. The van der Waals surface area contributed by atoms with E-state index in [1.165, 1.54) is 25.9 Å². The third-order valence-electron chi connectivity index (χ3n) is 5.49. The van der Waals surface area contributed by atoms with Crippen LogP contribution in [0.4, 0.5) is 0 Å². The number of hydrogen-bond acceptors (Lipinski definition) is 5. The molecule has 2 fully saturated rings. The zero-order chi connectivity index (χ0) is 16.6. The van der Waals surface area contributed by atoms with Crippen LogP contribution in [0, 0.1) is 0 Å². The number of hydrogen-bond donors (Lipinski definition) is 0. The summed E-state index contributed by atoms with van der Waals surface area (Å²) >= 11 is 0. The zero-order valence-electron chi connectivity index (χ0n) is 14.3. The Hall–Kier alpha value is -2.27. The molecule has 0 radical (unpaired) electrons. The molecule has 0 atom stereocenters. The standard InChI is InChI=1S/C20H22N4O/c1-3-14-5-2-10-21-19(14)16(4-1)13-18-22-20(25-23-18)15-8-11-24(12-9-15)17-6-7-17/h1-5,10,15,17H,6-9,11-13H2. The van der Waals surface area contributed by atoms with Gasteiger partial charge in [0.2, 0.25) is 5.89 Å². The number of likely N-dealkylation sites (tertiary alicyclic amines) is 1. The number of nitrogens with zero attached hydrogens (tertiary/aromatic N) is 4. The number of piperidine rings is 1. The first-order valence-corrected chi connectivity index (χ1v) is 9.26. The fourth-order valence-electron chi connectivity index (χ4n) is 3.94. The fourth-order valence-corrected chi connectivity index (χ4v) is 3.94. The van der Waals surface area contributed by atoms with Crippen LogP contribution in [0.15, 0.2) is 41.1 Å². The van der Waals surface area contributed by atoms with Crippen molar-refractivity contribution in [2.75, 3.05) is 13.1 Å². The Bertz CT molecular complexity index is 873. The largest absolute Gasteiger partial charge is 0.339 e. The van der Waals surface area contributed by atoms with E-state index < -0.39 is 0 Å². The summed E-state index contributed by atoms with van der Waals surface area (Å²) in [4.78, 5) is 11.8. The highest BCUT2D eigenvalue weighted by Crippen LogP contribution is 2.34. The number of pyridine rings is 1. The lowest BCUT2D eigenvalue weighted by molar-refractivity contribution is 0.186. The molecule has 0 bridgehead atoms. The number of aromatic nitrogens is 3. The van der Waals surface area contributed by atoms with Crippen LogP contribution in [0.25, 0.3) is 10.9 Å². The molecular weight excluding hydrogens is 312 g/mol. The molecular formula is C20H22N4O. The lowest BCUT2D eigenvalue weighted by Crippen LogP contribution is -2.34. The summed E-state index contributed by atoms with van der Waals surface area (Å²) in [6.07, 6.45) is 7.53. The molecule has 1 aliphatic carbocycles. The Morgan fingerprint density at radius 1 is 1.04 bits per heavy atom. The first-order valence-electron chi connectivity index (χ1n) is 9.26. The summed E-state index contributed by atoms with van der Waals surface area (Å²) in [5.74, 6) is 2.00. The summed E-state index contributed by atoms with van der Waals surface area (Å²) in [6, 6.07) is 11.2. The van der Waals surface area contributed by atoms with Gasteiger partial charge in [-0.2, -0.15) is 4.98 Å². The topological polar surface area (TPSA) is 55.1 Å². The molecule has 5 rings (SSSR count). The van der Waals surface area contributed by atoms with Crippen molar-refractivity contribution in [1.82, 2.24) is 20.0 Å². The monoisotopic (exact) mass is 334 g/mol. The first-order chi connectivity index (χ1) is 12.4. The maximum Gasteiger partial charge on any atom is 0.229 e. The molecule has 128 valence electrons. The van der Waals surface area contributed by atoms with Crippen LogP contribution in [-0.2, 0) is 6.42 Å². The van der Waals surface area contributed by atoms with Crippen molar-refractivity contribution in [2.45, 2.75) is 44.1 Å². The minimum atomic E-state index is 0.418. The van der Waals surface area contributed by atoms with E-state index in [1.807, 2.05) is 12.3 Å². The van der Waals surface area contributed by atoms with Crippen LogP contribution in [0.1, 0.15) is 48.9 Å². The van der Waals surface area contributed by atoms with Gasteiger partial charge in [0, 0.05) is 30.0 Å². The van der Waals surface area contributed by atoms with Gasteiger partial charge in [0.1, 0.15) is 0 Å². The lowest BCUT2D eigenvalue weighted by atomic mass is 9.96. The lowest BCUT2D eigenvalue weighted by Gasteiger charge is -2.30. The molecule has 0 unspecified atom stereocenters.